The zero-order valence-electron chi connectivity index (χ0n) is 10.3. The maximum atomic E-state index is 12.7. The predicted molar refractivity (Wildman–Crippen MR) is 86.5 cm³/mol. The van der Waals surface area contributed by atoms with E-state index in [1.54, 1.807) is 22.7 Å². The van der Waals surface area contributed by atoms with Gasteiger partial charge in [0.25, 0.3) is 0 Å². The molecule has 4 rings (SSSR count). The van der Waals surface area contributed by atoms with Crippen LogP contribution in [0.5, 0.6) is 5.75 Å². The fourth-order valence-corrected chi connectivity index (χ4v) is 5.02. The molecule has 0 saturated heterocycles. The van der Waals surface area contributed by atoms with Crippen molar-refractivity contribution in [2.24, 2.45) is 0 Å². The summed E-state index contributed by atoms with van der Waals surface area (Å²) in [6.07, 6.45) is 0.870. The Labute approximate surface area is 132 Å². The van der Waals surface area contributed by atoms with E-state index in [1.165, 1.54) is 9.40 Å². The highest BCUT2D eigenvalue weighted by atomic mass is 79.9. The van der Waals surface area contributed by atoms with Gasteiger partial charge < -0.3 is 4.74 Å². The van der Waals surface area contributed by atoms with Crippen LogP contribution in [0.1, 0.15) is 20.8 Å². The largest absolute Gasteiger partial charge is 0.492 e. The number of halogens is 1. The summed E-state index contributed by atoms with van der Waals surface area (Å²) in [7, 11) is 0. The smallest absolute Gasteiger partial charge is 0.206 e. The monoisotopic (exact) mass is 364 g/mol. The lowest BCUT2D eigenvalue weighted by molar-refractivity contribution is 0.103. The van der Waals surface area contributed by atoms with Crippen LogP contribution in [0, 0.1) is 0 Å². The number of hydrogen-bond acceptors (Lipinski definition) is 4. The van der Waals surface area contributed by atoms with E-state index in [4.69, 9.17) is 4.74 Å². The molecular weight excluding hydrogens is 356 g/mol. The van der Waals surface area contributed by atoms with E-state index in [2.05, 4.69) is 27.4 Å². The Kier molecular flexibility index (Phi) is 2.94. The molecule has 0 bridgehead atoms. The molecule has 3 aromatic rings. The van der Waals surface area contributed by atoms with Gasteiger partial charge in [-0.2, -0.15) is 0 Å². The van der Waals surface area contributed by atoms with Crippen LogP contribution in [0.15, 0.2) is 34.1 Å². The van der Waals surface area contributed by atoms with Crippen molar-refractivity contribution in [2.45, 2.75) is 6.42 Å². The Hall–Kier alpha value is -1.17. The highest BCUT2D eigenvalue weighted by Gasteiger charge is 2.24. The van der Waals surface area contributed by atoms with E-state index >= 15 is 0 Å². The number of thiophene rings is 2. The first kappa shape index (κ1) is 12.6. The van der Waals surface area contributed by atoms with Crippen molar-refractivity contribution in [3.63, 3.8) is 0 Å². The molecule has 20 heavy (non-hydrogen) atoms. The van der Waals surface area contributed by atoms with Crippen LogP contribution in [0.25, 0.3) is 9.40 Å². The van der Waals surface area contributed by atoms with Crippen LogP contribution in [-0.4, -0.2) is 12.4 Å². The molecule has 5 heteroatoms. The number of rotatable bonds is 2. The normalized spacial score (nSPS) is 13.4. The number of hydrogen-bond donors (Lipinski definition) is 0. The zero-order valence-corrected chi connectivity index (χ0v) is 13.5. The molecule has 0 aliphatic carbocycles. The van der Waals surface area contributed by atoms with Crippen LogP contribution in [0.4, 0.5) is 0 Å². The number of carbonyl (C=O) groups excluding carboxylic acids is 1. The van der Waals surface area contributed by atoms with Gasteiger partial charge in [-0.3, -0.25) is 4.79 Å². The van der Waals surface area contributed by atoms with Gasteiger partial charge in [-0.25, -0.2) is 0 Å². The highest BCUT2D eigenvalue weighted by molar-refractivity contribution is 9.10. The number of ether oxygens (including phenoxy) is 1. The third-order valence-electron chi connectivity index (χ3n) is 3.36. The Bertz CT molecular complexity index is 803. The second-order valence-electron chi connectivity index (χ2n) is 4.63. The first-order chi connectivity index (χ1) is 9.72. The average molecular weight is 365 g/mol. The minimum atomic E-state index is 0.0536. The summed E-state index contributed by atoms with van der Waals surface area (Å²) >= 11 is 6.70. The lowest BCUT2D eigenvalue weighted by Crippen LogP contribution is -2.02. The first-order valence-electron chi connectivity index (χ1n) is 6.19. The molecular formula is C15H9BrO2S2. The fourth-order valence-electron chi connectivity index (χ4n) is 2.45. The topological polar surface area (TPSA) is 26.3 Å². The predicted octanol–water partition coefficient (Wildman–Crippen LogP) is 4.89. The van der Waals surface area contributed by atoms with Crippen molar-refractivity contribution in [2.75, 3.05) is 6.61 Å². The van der Waals surface area contributed by atoms with E-state index in [1.807, 2.05) is 18.2 Å². The van der Waals surface area contributed by atoms with Crippen molar-refractivity contribution >= 4 is 53.8 Å². The van der Waals surface area contributed by atoms with Gasteiger partial charge >= 0.3 is 0 Å². The molecule has 0 saturated carbocycles. The summed E-state index contributed by atoms with van der Waals surface area (Å²) in [5.74, 6) is 0.813. The zero-order chi connectivity index (χ0) is 13.7. The second-order valence-corrected chi connectivity index (χ2v) is 7.58. The molecule has 100 valence electrons. The van der Waals surface area contributed by atoms with Gasteiger partial charge in [-0.1, -0.05) is 15.9 Å². The molecule has 0 N–H and O–H groups in total. The van der Waals surface area contributed by atoms with Crippen molar-refractivity contribution in [1.82, 2.24) is 0 Å². The molecule has 0 atom stereocenters. The van der Waals surface area contributed by atoms with Crippen LogP contribution in [0.2, 0.25) is 0 Å². The summed E-state index contributed by atoms with van der Waals surface area (Å²) < 4.78 is 8.93. The van der Waals surface area contributed by atoms with Gasteiger partial charge in [0.05, 0.1) is 17.0 Å². The van der Waals surface area contributed by atoms with Crippen LogP contribution in [-0.2, 0) is 6.42 Å². The highest BCUT2D eigenvalue weighted by Crippen LogP contribution is 2.37. The van der Waals surface area contributed by atoms with Crippen LogP contribution >= 0.6 is 38.6 Å². The van der Waals surface area contributed by atoms with Gasteiger partial charge in [0, 0.05) is 20.3 Å². The van der Waals surface area contributed by atoms with Gasteiger partial charge in [0.2, 0.25) is 5.78 Å². The standard InChI is InChI=1S/C15H9BrO2S2/c16-9-5-8-1-3-18-15(8)10(6-9)14(17)13-7-12-11(20-13)2-4-19-12/h2,4-7H,1,3H2. The number of ketones is 1. The molecule has 1 aliphatic rings. The molecule has 0 unspecified atom stereocenters. The van der Waals surface area contributed by atoms with Gasteiger partial charge in [-0.05, 0) is 35.2 Å². The van der Waals surface area contributed by atoms with E-state index in [9.17, 15) is 4.79 Å². The third kappa shape index (κ3) is 1.92. The lowest BCUT2D eigenvalue weighted by Gasteiger charge is -2.07. The Balaban J connectivity index is 1.84. The molecule has 2 aromatic heterocycles. The minimum absolute atomic E-state index is 0.0536. The third-order valence-corrected chi connectivity index (χ3v) is 5.91. The second kappa shape index (κ2) is 4.69. The quantitative estimate of drug-likeness (QED) is 0.605. The number of carbonyl (C=O) groups is 1. The molecule has 0 fully saturated rings. The van der Waals surface area contributed by atoms with Crippen molar-refractivity contribution in [3.8, 4) is 5.75 Å². The Morgan fingerprint density at radius 3 is 3.00 bits per heavy atom. The maximum absolute atomic E-state index is 12.7. The number of fused-ring (bicyclic) bond motifs is 2. The molecule has 2 nitrogen and oxygen atoms in total. The van der Waals surface area contributed by atoms with E-state index in [0.29, 0.717) is 12.2 Å². The van der Waals surface area contributed by atoms with E-state index in [-0.39, 0.29) is 5.78 Å². The van der Waals surface area contributed by atoms with Crippen LogP contribution < -0.4 is 4.74 Å². The SMILES string of the molecule is O=C(c1cc2sccc2s1)c1cc(Br)cc2c1OCC2. The molecule has 1 aliphatic heterocycles. The summed E-state index contributed by atoms with van der Waals surface area (Å²) in [5.41, 5.74) is 1.78. The maximum Gasteiger partial charge on any atom is 0.206 e. The number of benzene rings is 1. The van der Waals surface area contributed by atoms with Crippen molar-refractivity contribution in [3.05, 3.63) is 50.1 Å². The molecule has 0 amide bonds. The summed E-state index contributed by atoms with van der Waals surface area (Å²) in [6.45, 7) is 0.658. The van der Waals surface area contributed by atoms with Gasteiger partial charge in [0.15, 0.2) is 0 Å². The Morgan fingerprint density at radius 1 is 1.25 bits per heavy atom. The summed E-state index contributed by atoms with van der Waals surface area (Å²) in [6, 6.07) is 7.94. The summed E-state index contributed by atoms with van der Waals surface area (Å²) in [5, 5.41) is 2.05. The van der Waals surface area contributed by atoms with Crippen molar-refractivity contribution in [1.29, 1.82) is 0 Å². The molecule has 1 aromatic carbocycles. The first-order valence-corrected chi connectivity index (χ1v) is 8.68. The Morgan fingerprint density at radius 2 is 2.15 bits per heavy atom. The van der Waals surface area contributed by atoms with Crippen LogP contribution in [0.3, 0.4) is 0 Å². The van der Waals surface area contributed by atoms with Gasteiger partial charge in [-0.15, -0.1) is 22.7 Å². The fraction of sp³-hybridized carbons (Fsp3) is 0.133. The summed E-state index contributed by atoms with van der Waals surface area (Å²) in [4.78, 5) is 13.5. The average Bonchev–Trinajstić information content (AvgIpc) is 3.10. The molecule has 3 heterocycles. The molecule has 0 spiro atoms. The van der Waals surface area contributed by atoms with Crippen molar-refractivity contribution < 1.29 is 9.53 Å². The van der Waals surface area contributed by atoms with Gasteiger partial charge in [0.1, 0.15) is 5.75 Å². The molecule has 0 radical (unpaired) electrons. The minimum Gasteiger partial charge on any atom is -0.492 e. The van der Waals surface area contributed by atoms with E-state index in [0.717, 1.165) is 27.1 Å². The lowest BCUT2D eigenvalue weighted by atomic mass is 10.0. The van der Waals surface area contributed by atoms with E-state index < -0.39 is 0 Å².